The Labute approximate surface area is 168 Å². The number of hydrogen-bond donors (Lipinski definition) is 2. The molecule has 150 valence electrons. The fourth-order valence-corrected chi connectivity index (χ4v) is 3.96. The number of likely N-dealkylation sites (N-methyl/N-ethyl adjacent to an activating group) is 1. The Hall–Kier alpha value is -0.900. The third-order valence-corrected chi connectivity index (χ3v) is 5.94. The van der Waals surface area contributed by atoms with E-state index in [-0.39, 0.29) is 41.7 Å². The third-order valence-electron chi connectivity index (χ3n) is 4.04. The summed E-state index contributed by atoms with van der Waals surface area (Å²) in [5.74, 6) is -0.165. The predicted molar refractivity (Wildman–Crippen MR) is 109 cm³/mol. The van der Waals surface area contributed by atoms with Crippen LogP contribution in [-0.4, -0.2) is 62.8 Å². The Morgan fingerprint density at radius 2 is 1.85 bits per heavy atom. The van der Waals surface area contributed by atoms with Crippen LogP contribution in [0.2, 0.25) is 0 Å². The minimum atomic E-state index is -3.53. The molecule has 1 heterocycles. The first-order valence-corrected chi connectivity index (χ1v) is 9.57. The number of carbonyl (C=O) groups is 1. The molecule has 0 aromatic heterocycles. The summed E-state index contributed by atoms with van der Waals surface area (Å²) in [7, 11) is -1.56. The normalized spacial score (nSPS) is 16.9. The van der Waals surface area contributed by atoms with Crippen molar-refractivity contribution in [3.63, 3.8) is 0 Å². The fraction of sp³-hybridized carbons (Fsp3) is 0.562. The highest BCUT2D eigenvalue weighted by atomic mass is 35.5. The number of nitrogens with zero attached hydrogens (tertiary/aromatic N) is 2. The van der Waals surface area contributed by atoms with Crippen molar-refractivity contribution in [3.8, 4) is 0 Å². The van der Waals surface area contributed by atoms with Crippen LogP contribution < -0.4 is 11.1 Å². The predicted octanol–water partition coefficient (Wildman–Crippen LogP) is 1.53. The summed E-state index contributed by atoms with van der Waals surface area (Å²) in [5, 5.41) is 2.73. The van der Waals surface area contributed by atoms with Crippen molar-refractivity contribution in [1.29, 1.82) is 0 Å². The number of nitrogens with one attached hydrogen (secondary N) is 1. The molecule has 1 fully saturated rings. The minimum Gasteiger partial charge on any atom is -0.328 e. The second kappa shape index (κ2) is 11.1. The zero-order valence-electron chi connectivity index (χ0n) is 15.1. The maximum atomic E-state index is 12.7. The number of piperazine rings is 1. The molecule has 7 nitrogen and oxygen atoms in total. The quantitative estimate of drug-likeness (QED) is 0.718. The molecule has 1 amide bonds. The molecule has 0 bridgehead atoms. The van der Waals surface area contributed by atoms with E-state index in [0.717, 1.165) is 0 Å². The van der Waals surface area contributed by atoms with Gasteiger partial charge < -0.3 is 16.0 Å². The first kappa shape index (κ1) is 25.1. The molecule has 1 saturated heterocycles. The van der Waals surface area contributed by atoms with Gasteiger partial charge in [0.05, 0.1) is 4.90 Å². The van der Waals surface area contributed by atoms with Gasteiger partial charge >= 0.3 is 0 Å². The highest BCUT2D eigenvalue weighted by Gasteiger charge is 2.27. The summed E-state index contributed by atoms with van der Waals surface area (Å²) in [6.45, 7) is 4.23. The zero-order chi connectivity index (χ0) is 17.7. The lowest BCUT2D eigenvalue weighted by Crippen LogP contribution is -2.47. The Morgan fingerprint density at radius 1 is 1.23 bits per heavy atom. The van der Waals surface area contributed by atoms with E-state index in [1.807, 2.05) is 14.0 Å². The molecule has 0 radical (unpaired) electrons. The van der Waals surface area contributed by atoms with E-state index in [1.54, 1.807) is 18.2 Å². The summed E-state index contributed by atoms with van der Waals surface area (Å²) >= 11 is 0. The molecule has 10 heteroatoms. The number of halogens is 2. The maximum absolute atomic E-state index is 12.7. The topological polar surface area (TPSA) is 95.7 Å². The Bertz CT molecular complexity index is 678. The third kappa shape index (κ3) is 7.02. The van der Waals surface area contributed by atoms with E-state index in [0.29, 0.717) is 44.7 Å². The highest BCUT2D eigenvalue weighted by molar-refractivity contribution is 7.89. The van der Waals surface area contributed by atoms with Gasteiger partial charge in [-0.25, -0.2) is 8.42 Å². The average Bonchev–Trinajstić information content (AvgIpc) is 2.53. The van der Waals surface area contributed by atoms with Crippen molar-refractivity contribution < 1.29 is 13.2 Å². The van der Waals surface area contributed by atoms with Crippen LogP contribution in [0.3, 0.4) is 0 Å². The number of hydrogen-bond acceptors (Lipinski definition) is 5. The first-order chi connectivity index (χ1) is 11.3. The van der Waals surface area contributed by atoms with Crippen LogP contribution in [0.4, 0.5) is 5.69 Å². The summed E-state index contributed by atoms with van der Waals surface area (Å²) < 4.78 is 26.9. The molecule has 0 spiro atoms. The Morgan fingerprint density at radius 3 is 2.42 bits per heavy atom. The van der Waals surface area contributed by atoms with Crippen LogP contribution in [-0.2, 0) is 14.8 Å². The lowest BCUT2D eigenvalue weighted by atomic mass is 10.2. The molecule has 26 heavy (non-hydrogen) atoms. The molecule has 1 aliphatic heterocycles. The van der Waals surface area contributed by atoms with E-state index in [9.17, 15) is 13.2 Å². The van der Waals surface area contributed by atoms with Gasteiger partial charge in [0.15, 0.2) is 0 Å². The molecular formula is C16H28Cl2N4O3S. The van der Waals surface area contributed by atoms with Crippen molar-refractivity contribution in [2.75, 3.05) is 38.5 Å². The molecule has 1 atom stereocenters. The highest BCUT2D eigenvalue weighted by Crippen LogP contribution is 2.21. The second-order valence-electron chi connectivity index (χ2n) is 6.30. The van der Waals surface area contributed by atoms with Crippen LogP contribution in [0.5, 0.6) is 0 Å². The van der Waals surface area contributed by atoms with Gasteiger partial charge in [0.1, 0.15) is 0 Å². The van der Waals surface area contributed by atoms with Crippen LogP contribution in [0.25, 0.3) is 0 Å². The molecule has 1 aliphatic rings. The summed E-state index contributed by atoms with van der Waals surface area (Å²) in [6, 6.07) is 6.36. The summed E-state index contributed by atoms with van der Waals surface area (Å²) in [6.07, 6.45) is 0.901. The molecule has 0 saturated carbocycles. The van der Waals surface area contributed by atoms with E-state index in [4.69, 9.17) is 5.73 Å². The van der Waals surface area contributed by atoms with Gasteiger partial charge in [-0.2, -0.15) is 4.31 Å². The van der Waals surface area contributed by atoms with Crippen LogP contribution in [0.15, 0.2) is 29.2 Å². The Kier molecular flexibility index (Phi) is 10.7. The van der Waals surface area contributed by atoms with Crippen molar-refractivity contribution in [1.82, 2.24) is 9.21 Å². The second-order valence-corrected chi connectivity index (χ2v) is 8.24. The van der Waals surface area contributed by atoms with Crippen molar-refractivity contribution in [3.05, 3.63) is 24.3 Å². The van der Waals surface area contributed by atoms with E-state index >= 15 is 0 Å². The SMILES string of the molecule is CC(N)CCC(=O)Nc1cccc(S(=O)(=O)N2CCN(C)CC2)c1.Cl.Cl. The molecule has 1 aromatic carbocycles. The number of rotatable bonds is 6. The average molecular weight is 427 g/mol. The summed E-state index contributed by atoms with van der Waals surface area (Å²) in [4.78, 5) is 14.2. The van der Waals surface area contributed by atoms with Gasteiger partial charge in [-0.15, -0.1) is 24.8 Å². The number of carbonyl (C=O) groups excluding carboxylic acids is 1. The minimum absolute atomic E-state index is 0. The monoisotopic (exact) mass is 426 g/mol. The van der Waals surface area contributed by atoms with Gasteiger partial charge in [-0.3, -0.25) is 4.79 Å². The van der Waals surface area contributed by atoms with Gasteiger partial charge in [0.25, 0.3) is 0 Å². The van der Waals surface area contributed by atoms with E-state index < -0.39 is 10.0 Å². The van der Waals surface area contributed by atoms with Crippen molar-refractivity contribution in [2.45, 2.75) is 30.7 Å². The van der Waals surface area contributed by atoms with E-state index in [2.05, 4.69) is 10.2 Å². The van der Waals surface area contributed by atoms with Gasteiger partial charge in [0.2, 0.25) is 15.9 Å². The number of anilines is 1. The zero-order valence-corrected chi connectivity index (χ0v) is 17.5. The Balaban J connectivity index is 0.00000312. The standard InChI is InChI=1S/C16H26N4O3S.2ClH/c1-13(17)6-7-16(21)18-14-4-3-5-15(12-14)24(22,23)20-10-8-19(2)9-11-20;;/h3-5,12-13H,6-11,17H2,1-2H3,(H,18,21);2*1H. The van der Waals surface area contributed by atoms with Crippen molar-refractivity contribution in [2.24, 2.45) is 5.73 Å². The van der Waals surface area contributed by atoms with Crippen LogP contribution >= 0.6 is 24.8 Å². The molecule has 0 aliphatic carbocycles. The molecule has 3 N–H and O–H groups in total. The van der Waals surface area contributed by atoms with Gasteiger partial charge in [-0.1, -0.05) is 6.07 Å². The lowest BCUT2D eigenvalue weighted by Gasteiger charge is -2.31. The molecule has 1 aromatic rings. The molecule has 1 unspecified atom stereocenters. The first-order valence-electron chi connectivity index (χ1n) is 8.13. The van der Waals surface area contributed by atoms with Gasteiger partial charge in [0, 0.05) is 44.3 Å². The fourth-order valence-electron chi connectivity index (χ4n) is 2.49. The largest absolute Gasteiger partial charge is 0.328 e. The number of amides is 1. The van der Waals surface area contributed by atoms with Crippen LogP contribution in [0, 0.1) is 0 Å². The number of sulfonamides is 1. The van der Waals surface area contributed by atoms with Crippen LogP contribution in [0.1, 0.15) is 19.8 Å². The van der Waals surface area contributed by atoms with Gasteiger partial charge in [-0.05, 0) is 38.6 Å². The van der Waals surface area contributed by atoms with Crippen molar-refractivity contribution >= 4 is 46.4 Å². The lowest BCUT2D eigenvalue weighted by molar-refractivity contribution is -0.116. The number of nitrogens with two attached hydrogens (primary N) is 1. The molecular weight excluding hydrogens is 399 g/mol. The number of benzene rings is 1. The molecule has 2 rings (SSSR count). The summed E-state index contributed by atoms with van der Waals surface area (Å²) in [5.41, 5.74) is 6.13. The smallest absolute Gasteiger partial charge is 0.243 e. The van der Waals surface area contributed by atoms with E-state index in [1.165, 1.54) is 10.4 Å². The maximum Gasteiger partial charge on any atom is 0.243 e.